The van der Waals surface area contributed by atoms with Crippen LogP contribution in [-0.4, -0.2) is 12.6 Å². The first kappa shape index (κ1) is 24.9. The van der Waals surface area contributed by atoms with E-state index < -0.39 is 11.9 Å². The topological polar surface area (TPSA) is 94.6 Å². The van der Waals surface area contributed by atoms with Crippen molar-refractivity contribution < 1.29 is 19.0 Å². The molecule has 36 heavy (non-hydrogen) atoms. The summed E-state index contributed by atoms with van der Waals surface area (Å²) in [6.07, 6.45) is 5.01. The average Bonchev–Trinajstić information content (AvgIpc) is 2.88. The monoisotopic (exact) mass is 500 g/mol. The maximum atomic E-state index is 12.3. The molecule has 0 radical (unpaired) electrons. The lowest BCUT2D eigenvalue weighted by molar-refractivity contribution is -0.128. The van der Waals surface area contributed by atoms with Crippen LogP contribution in [0.5, 0.6) is 17.2 Å². The Kier molecular flexibility index (Phi) is 7.94. The molecule has 0 aliphatic carbocycles. The number of esters is 1. The van der Waals surface area contributed by atoms with Crippen molar-refractivity contribution in [2.24, 2.45) is 5.73 Å². The number of fused-ring (bicyclic) bond motifs is 1. The molecule has 1 atom stereocenters. The van der Waals surface area contributed by atoms with E-state index in [2.05, 4.69) is 13.0 Å². The first-order valence-corrected chi connectivity index (χ1v) is 12.0. The van der Waals surface area contributed by atoms with Crippen molar-refractivity contribution in [3.63, 3.8) is 0 Å². The number of halogens is 1. The van der Waals surface area contributed by atoms with E-state index in [1.165, 1.54) is 6.08 Å². The number of hydrogen-bond acceptors (Lipinski definition) is 6. The fraction of sp³-hybridized carbons (Fsp3) is 0.172. The molecular formula is C29H25ClN2O4. The Morgan fingerprint density at radius 2 is 1.83 bits per heavy atom. The third-order valence-corrected chi connectivity index (χ3v) is 5.92. The molecule has 0 aromatic heterocycles. The Balaban J connectivity index is 1.54. The van der Waals surface area contributed by atoms with Gasteiger partial charge < -0.3 is 19.9 Å². The largest absolute Gasteiger partial charge is 0.494 e. The van der Waals surface area contributed by atoms with E-state index in [4.69, 9.17) is 31.5 Å². The third kappa shape index (κ3) is 5.88. The van der Waals surface area contributed by atoms with Crippen molar-refractivity contribution in [3.05, 3.63) is 106 Å². The van der Waals surface area contributed by atoms with Crippen LogP contribution in [-0.2, 0) is 4.79 Å². The second kappa shape index (κ2) is 11.5. The highest BCUT2D eigenvalue weighted by atomic mass is 35.5. The zero-order valence-electron chi connectivity index (χ0n) is 19.7. The minimum Gasteiger partial charge on any atom is -0.494 e. The van der Waals surface area contributed by atoms with Gasteiger partial charge in [0.15, 0.2) is 0 Å². The van der Waals surface area contributed by atoms with Gasteiger partial charge in [0.25, 0.3) is 0 Å². The molecule has 0 saturated carbocycles. The number of nitriles is 1. The average molecular weight is 501 g/mol. The number of carbonyl (C=O) groups excluding carboxylic acids is 1. The third-order valence-electron chi connectivity index (χ3n) is 5.67. The van der Waals surface area contributed by atoms with Gasteiger partial charge in [0.1, 0.15) is 28.9 Å². The Morgan fingerprint density at radius 1 is 1.11 bits per heavy atom. The number of unbranched alkanes of at least 4 members (excludes halogenated alkanes) is 1. The molecule has 182 valence electrons. The van der Waals surface area contributed by atoms with Gasteiger partial charge in [0.2, 0.25) is 5.88 Å². The van der Waals surface area contributed by atoms with E-state index in [9.17, 15) is 10.1 Å². The van der Waals surface area contributed by atoms with Crippen molar-refractivity contribution >= 4 is 23.6 Å². The van der Waals surface area contributed by atoms with Crippen LogP contribution < -0.4 is 19.9 Å². The summed E-state index contributed by atoms with van der Waals surface area (Å²) in [6.45, 7) is 2.77. The molecule has 1 heterocycles. The van der Waals surface area contributed by atoms with Crippen molar-refractivity contribution in [2.45, 2.75) is 25.7 Å². The lowest BCUT2D eigenvalue weighted by Gasteiger charge is -2.26. The molecule has 0 fully saturated rings. The second-order valence-corrected chi connectivity index (χ2v) is 8.64. The number of nitrogens with two attached hydrogens (primary N) is 1. The number of rotatable bonds is 8. The predicted octanol–water partition coefficient (Wildman–Crippen LogP) is 6.36. The van der Waals surface area contributed by atoms with E-state index in [0.717, 1.165) is 35.3 Å². The molecule has 1 aliphatic heterocycles. The molecule has 3 aromatic carbocycles. The summed E-state index contributed by atoms with van der Waals surface area (Å²) in [5.41, 5.74) is 8.85. The van der Waals surface area contributed by atoms with Crippen LogP contribution in [0.4, 0.5) is 0 Å². The van der Waals surface area contributed by atoms with Crippen LogP contribution in [0.2, 0.25) is 5.02 Å². The van der Waals surface area contributed by atoms with E-state index in [1.807, 2.05) is 24.3 Å². The molecule has 6 nitrogen and oxygen atoms in total. The van der Waals surface area contributed by atoms with Gasteiger partial charge in [-0.3, -0.25) is 0 Å². The van der Waals surface area contributed by atoms with Crippen LogP contribution in [0, 0.1) is 11.3 Å². The van der Waals surface area contributed by atoms with Crippen molar-refractivity contribution in [1.82, 2.24) is 0 Å². The summed E-state index contributed by atoms with van der Waals surface area (Å²) in [7, 11) is 0. The summed E-state index contributed by atoms with van der Waals surface area (Å²) in [4.78, 5) is 12.3. The summed E-state index contributed by atoms with van der Waals surface area (Å²) in [5, 5.41) is 10.4. The van der Waals surface area contributed by atoms with Crippen molar-refractivity contribution in [3.8, 4) is 23.3 Å². The molecule has 0 bridgehead atoms. The highest BCUT2D eigenvalue weighted by Crippen LogP contribution is 2.43. The van der Waals surface area contributed by atoms with Crippen molar-refractivity contribution in [1.29, 1.82) is 5.26 Å². The number of hydrogen-bond donors (Lipinski definition) is 1. The maximum absolute atomic E-state index is 12.3. The zero-order valence-corrected chi connectivity index (χ0v) is 20.5. The quantitative estimate of drug-likeness (QED) is 0.167. The van der Waals surface area contributed by atoms with Gasteiger partial charge in [-0.1, -0.05) is 55.3 Å². The highest BCUT2D eigenvalue weighted by molar-refractivity contribution is 6.30. The van der Waals surface area contributed by atoms with Gasteiger partial charge in [0, 0.05) is 22.7 Å². The van der Waals surface area contributed by atoms with Gasteiger partial charge >= 0.3 is 5.97 Å². The minimum atomic E-state index is -0.544. The van der Waals surface area contributed by atoms with E-state index in [1.54, 1.807) is 48.5 Å². The van der Waals surface area contributed by atoms with Crippen LogP contribution in [0.25, 0.3) is 6.08 Å². The fourth-order valence-corrected chi connectivity index (χ4v) is 3.95. The minimum absolute atomic E-state index is 0.0179. The zero-order chi connectivity index (χ0) is 25.5. The van der Waals surface area contributed by atoms with Crippen molar-refractivity contribution in [2.75, 3.05) is 6.61 Å². The van der Waals surface area contributed by atoms with Gasteiger partial charge in [0.05, 0.1) is 12.5 Å². The van der Waals surface area contributed by atoms with Crippen LogP contribution in [0.1, 0.15) is 42.4 Å². The predicted molar refractivity (Wildman–Crippen MR) is 139 cm³/mol. The van der Waals surface area contributed by atoms with Crippen LogP contribution in [0.3, 0.4) is 0 Å². The number of nitrogens with zero attached hydrogens (tertiary/aromatic N) is 1. The Hall–Kier alpha value is -4.21. The van der Waals surface area contributed by atoms with Gasteiger partial charge in [-0.2, -0.15) is 5.26 Å². The maximum Gasteiger partial charge on any atom is 0.336 e. The number of benzene rings is 3. The van der Waals surface area contributed by atoms with E-state index >= 15 is 0 Å². The molecule has 0 amide bonds. The summed E-state index contributed by atoms with van der Waals surface area (Å²) >= 11 is 5.88. The second-order valence-electron chi connectivity index (χ2n) is 8.20. The number of carbonyl (C=O) groups is 1. The Bertz CT molecular complexity index is 1340. The number of allylic oxidation sites excluding steroid dienone is 1. The normalized spacial score (nSPS) is 14.6. The number of ether oxygens (including phenoxy) is 3. The van der Waals surface area contributed by atoms with Gasteiger partial charge in [-0.25, -0.2) is 4.79 Å². The molecule has 2 N–H and O–H groups in total. The lowest BCUT2D eigenvalue weighted by Crippen LogP contribution is -2.21. The Labute approximate surface area is 215 Å². The van der Waals surface area contributed by atoms with Crippen LogP contribution >= 0.6 is 11.6 Å². The summed E-state index contributed by atoms with van der Waals surface area (Å²) in [5.74, 6) is 0.543. The Morgan fingerprint density at radius 3 is 2.53 bits per heavy atom. The smallest absolute Gasteiger partial charge is 0.336 e. The fourth-order valence-electron chi connectivity index (χ4n) is 3.82. The van der Waals surface area contributed by atoms with Crippen LogP contribution in [0.15, 0.2) is 84.3 Å². The highest BCUT2D eigenvalue weighted by Gasteiger charge is 2.31. The summed E-state index contributed by atoms with van der Waals surface area (Å²) in [6, 6.07) is 21.9. The molecule has 0 saturated heterocycles. The SMILES string of the molecule is CCCCOc1ccc(C2C(C#N)=C(N)Oc3cc(OC(=O)/C=C/c4ccc(Cl)cc4)ccc32)cc1. The van der Waals surface area contributed by atoms with Gasteiger partial charge in [-0.05, 0) is 54.0 Å². The standard InChI is InChI=1S/C29H25ClN2O4/c1-2-3-16-34-22-11-7-20(8-12-22)28-24-14-13-23(17-26(24)36-29(32)25(28)18-31)35-27(33)15-6-19-4-9-21(30)10-5-19/h4-15,17,28H,2-3,16,32H2,1H3/b15-6+. The molecular weight excluding hydrogens is 476 g/mol. The molecule has 0 spiro atoms. The summed E-state index contributed by atoms with van der Waals surface area (Å²) < 4.78 is 16.9. The van der Waals surface area contributed by atoms with Gasteiger partial charge in [-0.15, -0.1) is 0 Å². The molecule has 1 aliphatic rings. The first-order chi connectivity index (χ1) is 17.5. The van der Waals surface area contributed by atoms with E-state index in [-0.39, 0.29) is 5.88 Å². The lowest BCUT2D eigenvalue weighted by atomic mass is 9.83. The molecule has 4 rings (SSSR count). The van der Waals surface area contributed by atoms with E-state index in [0.29, 0.717) is 28.7 Å². The molecule has 3 aromatic rings. The molecule has 1 unspecified atom stereocenters. The first-order valence-electron chi connectivity index (χ1n) is 11.6. The molecule has 7 heteroatoms.